The minimum Gasteiger partial charge on any atom is -0.387 e. The van der Waals surface area contributed by atoms with Gasteiger partial charge in [-0.2, -0.15) is 26.0 Å². The molecule has 6 heterocycles. The molecular weight excluding hydrogens is 1010 g/mol. The van der Waals surface area contributed by atoms with E-state index in [-0.39, 0.29) is 52.8 Å². The molecule has 23 nitrogen and oxygen atoms in total. The molecule has 2 aliphatic rings. The molecule has 2 saturated heterocycles. The molecule has 4 aromatic heterocycles. The van der Waals surface area contributed by atoms with Crippen LogP contribution in [0.3, 0.4) is 0 Å². The van der Waals surface area contributed by atoms with Crippen LogP contribution in [0.1, 0.15) is 119 Å². The van der Waals surface area contributed by atoms with Crippen LogP contribution in [0, 0.1) is 39.8 Å². The number of aliphatic hydroxyl groups excluding tert-OH is 4. The SMILES string of the molecule is CCCCCCCCCCCCCCCCOC[C@H](COP(=O)(OC[C@H]1O[C@@](C#N)(c2ccc3c(N)ncnn23)[C@H](O)[C@@H]1O)OC[C@H]1O[C@@](C#N)(c2ccc3c(N)ncnn23)[C@H](O)[C@@H]1O)OCc1ccc(C#N)c(F)c1. The van der Waals surface area contributed by atoms with Crippen molar-refractivity contribution in [2.75, 3.05) is 44.5 Å². The first-order valence-corrected chi connectivity index (χ1v) is 27.2. The zero-order valence-electron chi connectivity index (χ0n) is 42.4. The third-order valence-corrected chi connectivity index (χ3v) is 15.2. The highest BCUT2D eigenvalue weighted by atomic mass is 31.2. The molecule has 0 radical (unpaired) electrons. The molecule has 25 heteroatoms. The van der Waals surface area contributed by atoms with Crippen LogP contribution >= 0.6 is 7.82 Å². The van der Waals surface area contributed by atoms with Crippen molar-refractivity contribution in [1.29, 1.82) is 15.8 Å². The topological polar surface area (TPSA) is 346 Å². The van der Waals surface area contributed by atoms with Gasteiger partial charge in [0.2, 0.25) is 11.2 Å². The van der Waals surface area contributed by atoms with Crippen LogP contribution in [0.2, 0.25) is 0 Å². The summed E-state index contributed by atoms with van der Waals surface area (Å²) in [6.07, 6.45) is 7.11. The molecule has 0 aliphatic carbocycles. The summed E-state index contributed by atoms with van der Waals surface area (Å²) in [6.45, 7) is -0.00160. The van der Waals surface area contributed by atoms with Crippen molar-refractivity contribution in [2.45, 2.75) is 157 Å². The van der Waals surface area contributed by atoms with Crippen molar-refractivity contribution >= 4 is 30.5 Å². The van der Waals surface area contributed by atoms with Gasteiger partial charge in [0.1, 0.15) is 90.4 Å². The van der Waals surface area contributed by atoms with Gasteiger partial charge in [0.25, 0.3) is 0 Å². The van der Waals surface area contributed by atoms with Crippen LogP contribution in [0.4, 0.5) is 16.0 Å². The number of nitrogen functional groups attached to an aromatic ring is 2. The van der Waals surface area contributed by atoms with Crippen LogP contribution in [0.5, 0.6) is 0 Å². The lowest BCUT2D eigenvalue weighted by molar-refractivity contribution is -0.0802. The number of unbranched alkanes of at least 4 members (excludes halogenated alkanes) is 13. The number of ether oxygens (including phenoxy) is 4. The normalized spacial score (nSPS) is 24.0. The molecule has 0 saturated carbocycles. The Kier molecular flexibility index (Phi) is 20.6. The molecule has 0 amide bonds. The second-order valence-electron chi connectivity index (χ2n) is 19.1. The largest absolute Gasteiger partial charge is 0.475 e. The fourth-order valence-electron chi connectivity index (χ4n) is 9.43. The summed E-state index contributed by atoms with van der Waals surface area (Å²) in [4.78, 5) is 7.88. The number of halogens is 1. The van der Waals surface area contributed by atoms with Crippen LogP contribution in [0.15, 0.2) is 55.1 Å². The Bertz CT molecular complexity index is 2750. The summed E-state index contributed by atoms with van der Waals surface area (Å²) >= 11 is 0. The van der Waals surface area contributed by atoms with Gasteiger partial charge < -0.3 is 50.8 Å². The first-order chi connectivity index (χ1) is 36.7. The number of nitriles is 3. The van der Waals surface area contributed by atoms with Gasteiger partial charge in [0, 0.05) is 6.61 Å². The van der Waals surface area contributed by atoms with E-state index in [4.69, 9.17) is 44.0 Å². The second kappa shape index (κ2) is 27.0. The minimum atomic E-state index is -5.00. The summed E-state index contributed by atoms with van der Waals surface area (Å²) in [7, 11) is -5.00. The van der Waals surface area contributed by atoms with E-state index >= 15 is 0 Å². The van der Waals surface area contributed by atoms with Gasteiger partial charge >= 0.3 is 7.82 Å². The Hall–Kier alpha value is -5.75. The van der Waals surface area contributed by atoms with E-state index in [0.717, 1.165) is 44.4 Å². The first-order valence-electron chi connectivity index (χ1n) is 25.7. The fraction of sp³-hybridized carbons (Fsp3) is 0.588. The van der Waals surface area contributed by atoms with E-state index in [1.165, 1.54) is 110 Å². The number of anilines is 2. The number of hydrogen-bond donors (Lipinski definition) is 6. The van der Waals surface area contributed by atoms with E-state index in [2.05, 4.69) is 27.1 Å². The molecule has 76 heavy (non-hydrogen) atoms. The zero-order valence-corrected chi connectivity index (χ0v) is 43.3. The van der Waals surface area contributed by atoms with Gasteiger partial charge in [-0.25, -0.2) is 28.0 Å². The number of benzene rings is 1. The van der Waals surface area contributed by atoms with Crippen LogP contribution < -0.4 is 11.5 Å². The predicted molar refractivity (Wildman–Crippen MR) is 269 cm³/mol. The summed E-state index contributed by atoms with van der Waals surface area (Å²) < 4.78 is 73.7. The molecule has 1 aromatic carbocycles. The highest BCUT2D eigenvalue weighted by Gasteiger charge is 2.59. The number of hydrogen-bond acceptors (Lipinski definition) is 21. The number of aromatic nitrogens is 6. The van der Waals surface area contributed by atoms with Gasteiger partial charge in [0.15, 0.2) is 11.6 Å². The van der Waals surface area contributed by atoms with Gasteiger partial charge in [-0.3, -0.25) is 13.6 Å². The lowest BCUT2D eigenvalue weighted by Gasteiger charge is -2.26. The molecule has 0 bridgehead atoms. The molecule has 0 unspecified atom stereocenters. The van der Waals surface area contributed by atoms with Crippen molar-refractivity contribution in [3.8, 4) is 18.2 Å². The number of fused-ring (bicyclic) bond motifs is 2. The monoisotopic (exact) mass is 1080 g/mol. The molecule has 2 fully saturated rings. The molecule has 2 aliphatic heterocycles. The van der Waals surface area contributed by atoms with Crippen molar-refractivity contribution in [3.05, 3.63) is 83.5 Å². The van der Waals surface area contributed by atoms with E-state index in [9.17, 15) is 45.2 Å². The smallest absolute Gasteiger partial charge is 0.387 e. The van der Waals surface area contributed by atoms with Crippen LogP contribution in [0.25, 0.3) is 11.0 Å². The molecule has 8 N–H and O–H groups in total. The van der Waals surface area contributed by atoms with E-state index in [0.29, 0.717) is 12.2 Å². The maximum absolute atomic E-state index is 14.9. The van der Waals surface area contributed by atoms with Crippen molar-refractivity contribution < 1.29 is 61.9 Å². The van der Waals surface area contributed by atoms with Crippen molar-refractivity contribution in [1.82, 2.24) is 29.2 Å². The van der Waals surface area contributed by atoms with Gasteiger partial charge in [-0.1, -0.05) is 96.5 Å². The number of aliphatic hydroxyl groups is 4. The summed E-state index contributed by atoms with van der Waals surface area (Å²) in [5.41, 5.74) is 8.20. The van der Waals surface area contributed by atoms with Crippen LogP contribution in [-0.2, 0) is 54.9 Å². The van der Waals surface area contributed by atoms with E-state index in [1.807, 2.05) is 12.1 Å². The minimum absolute atomic E-state index is 0.0168. The summed E-state index contributed by atoms with van der Waals surface area (Å²) in [5.74, 6) is -0.647. The Balaban J connectivity index is 1.04. The Morgan fingerprint density at radius 1 is 0.711 bits per heavy atom. The third kappa shape index (κ3) is 13.3. The molecule has 7 rings (SSSR count). The molecule has 9 atom stereocenters. The molecule has 0 spiro atoms. The Labute approximate surface area is 439 Å². The van der Waals surface area contributed by atoms with E-state index in [1.54, 1.807) is 6.07 Å². The standard InChI is InChI=1S/C51H67FN11O12P/c1-2-3-4-5-6-7-8-9-10-11-12-13-14-15-22-69-26-36(70-25-34-16-17-35(24-53)37(52)23-34)27-71-76(68,72-28-40-44(64)46(66)50(30-54,74-40)42-20-18-38-48(56)58-32-60-62(38)42)73-29-41-45(65)47(67)51(31-55,75-41)43-21-19-39-49(57)59-33-61-63(39)43/h16-21,23,32-33,36,40-41,44-47,64-67H,2-15,22,25-29H2,1H3,(H2,56,58,60)(H2,57,59,61)/t36-,40-,41-,44-,45-,46-,47-,50+,51+/m1/s1. The lowest BCUT2D eigenvalue weighted by Crippen LogP contribution is -2.41. The zero-order chi connectivity index (χ0) is 54.3. The van der Waals surface area contributed by atoms with Gasteiger partial charge in [0.05, 0.1) is 50.0 Å². The Morgan fingerprint density at radius 3 is 1.66 bits per heavy atom. The van der Waals surface area contributed by atoms with Crippen molar-refractivity contribution in [2.24, 2.45) is 0 Å². The fourth-order valence-corrected chi connectivity index (χ4v) is 10.7. The molecule has 410 valence electrons. The maximum Gasteiger partial charge on any atom is 0.475 e. The highest BCUT2D eigenvalue weighted by Crippen LogP contribution is 2.52. The van der Waals surface area contributed by atoms with Crippen LogP contribution in [-0.4, -0.2) is 125 Å². The average molecular weight is 1080 g/mol. The second-order valence-corrected chi connectivity index (χ2v) is 20.7. The Morgan fingerprint density at radius 2 is 1.20 bits per heavy atom. The third-order valence-electron chi connectivity index (χ3n) is 13.8. The number of rotatable bonds is 31. The van der Waals surface area contributed by atoms with Crippen molar-refractivity contribution in [3.63, 3.8) is 0 Å². The van der Waals surface area contributed by atoms with Gasteiger partial charge in [-0.15, -0.1) is 0 Å². The number of nitrogens with zero attached hydrogens (tertiary/aromatic N) is 9. The quantitative estimate of drug-likeness (QED) is 0.0233. The number of nitrogens with two attached hydrogens (primary N) is 2. The summed E-state index contributed by atoms with van der Waals surface area (Å²) in [5, 5.41) is 84.0. The highest BCUT2D eigenvalue weighted by molar-refractivity contribution is 7.48. The predicted octanol–water partition coefficient (Wildman–Crippen LogP) is 5.57. The number of phosphoric acid groups is 1. The lowest BCUT2D eigenvalue weighted by atomic mass is 9.92. The first kappa shape index (κ1) is 57.9. The maximum atomic E-state index is 14.9. The molecule has 5 aromatic rings. The van der Waals surface area contributed by atoms with Gasteiger partial charge in [-0.05, 0) is 48.4 Å². The molecular formula is C51H67FN11O12P. The summed E-state index contributed by atoms with van der Waals surface area (Å²) in [6, 6.07) is 15.4. The number of phosphoric ester groups is 1. The van der Waals surface area contributed by atoms with E-state index < -0.39 is 87.4 Å². The average Bonchev–Trinajstić information content (AvgIpc) is 4.19.